The number of aromatic hydroxyl groups is 1. The van der Waals surface area contributed by atoms with Crippen molar-refractivity contribution in [3.05, 3.63) is 53.9 Å². The molecule has 30 heavy (non-hydrogen) atoms. The first-order valence-corrected chi connectivity index (χ1v) is 9.86. The first-order valence-electron chi connectivity index (χ1n) is 9.86. The summed E-state index contributed by atoms with van der Waals surface area (Å²) in [5.74, 6) is -1.50. The number of rotatable bonds is 5. The van der Waals surface area contributed by atoms with Crippen molar-refractivity contribution in [3.63, 3.8) is 0 Å². The van der Waals surface area contributed by atoms with Crippen molar-refractivity contribution >= 4 is 11.9 Å². The predicted octanol–water partition coefficient (Wildman–Crippen LogP) is 2.25. The molecular formula is C22H26N2O6. The Hall–Kier alpha value is -3.13. The van der Waals surface area contributed by atoms with Gasteiger partial charge in [0.25, 0.3) is 5.91 Å². The first kappa shape index (κ1) is 21.6. The summed E-state index contributed by atoms with van der Waals surface area (Å²) in [5.41, 5.74) is 0.919. The van der Waals surface area contributed by atoms with Crippen molar-refractivity contribution in [2.45, 2.75) is 44.4 Å². The smallest absolute Gasteiger partial charge is 0.329 e. The summed E-state index contributed by atoms with van der Waals surface area (Å²) in [6.45, 7) is 2.08. The molecule has 2 heterocycles. The van der Waals surface area contributed by atoms with Gasteiger partial charge in [-0.25, -0.2) is 9.78 Å². The topological polar surface area (TPSA) is 107 Å². The normalized spacial score (nSPS) is 22.2. The zero-order valence-corrected chi connectivity index (χ0v) is 17.0. The van der Waals surface area contributed by atoms with E-state index in [1.807, 2.05) is 30.3 Å². The molecule has 0 saturated carbocycles. The molecule has 1 amide bonds. The van der Waals surface area contributed by atoms with Crippen LogP contribution in [0.4, 0.5) is 0 Å². The van der Waals surface area contributed by atoms with Crippen molar-refractivity contribution in [2.75, 3.05) is 13.7 Å². The summed E-state index contributed by atoms with van der Waals surface area (Å²) in [7, 11) is 1.37. The Bertz CT molecular complexity index is 873. The van der Waals surface area contributed by atoms with Crippen LogP contribution in [0.3, 0.4) is 0 Å². The van der Waals surface area contributed by atoms with Gasteiger partial charge in [0, 0.05) is 31.7 Å². The highest BCUT2D eigenvalue weighted by Gasteiger charge is 2.29. The monoisotopic (exact) mass is 414 g/mol. The van der Waals surface area contributed by atoms with E-state index in [2.05, 4.69) is 10.3 Å². The van der Waals surface area contributed by atoms with E-state index in [9.17, 15) is 14.7 Å². The third-order valence-electron chi connectivity index (χ3n) is 4.89. The lowest BCUT2D eigenvalue weighted by atomic mass is 10.0. The molecule has 2 N–H and O–H groups in total. The number of ether oxygens (including phenoxy) is 3. The third-order valence-corrected chi connectivity index (χ3v) is 4.89. The Balaban J connectivity index is 1.67. The molecule has 2 unspecified atom stereocenters. The molecular weight excluding hydrogens is 388 g/mol. The Morgan fingerprint density at radius 1 is 1.30 bits per heavy atom. The second kappa shape index (κ2) is 10.1. The highest BCUT2D eigenvalue weighted by molar-refractivity contribution is 5.97. The molecule has 0 bridgehead atoms. The Labute approximate surface area is 175 Å². The van der Waals surface area contributed by atoms with Crippen LogP contribution in [0.1, 0.15) is 35.8 Å². The number of benzene rings is 1. The van der Waals surface area contributed by atoms with Crippen LogP contribution < -0.4 is 10.1 Å². The summed E-state index contributed by atoms with van der Waals surface area (Å²) in [4.78, 5) is 29.0. The van der Waals surface area contributed by atoms with Crippen molar-refractivity contribution in [1.82, 2.24) is 10.3 Å². The van der Waals surface area contributed by atoms with E-state index >= 15 is 0 Å². The highest BCUT2D eigenvalue weighted by atomic mass is 16.5. The Kier molecular flexibility index (Phi) is 7.24. The summed E-state index contributed by atoms with van der Waals surface area (Å²) in [6, 6.07) is 10.5. The van der Waals surface area contributed by atoms with Crippen molar-refractivity contribution in [1.29, 1.82) is 0 Å². The third kappa shape index (κ3) is 5.48. The lowest BCUT2D eigenvalue weighted by molar-refractivity contribution is -0.150. The molecule has 0 aliphatic carbocycles. The van der Waals surface area contributed by atoms with Crippen LogP contribution >= 0.6 is 0 Å². The molecule has 1 aromatic heterocycles. The summed E-state index contributed by atoms with van der Waals surface area (Å²) in [5, 5.41) is 12.7. The van der Waals surface area contributed by atoms with Crippen LogP contribution in [-0.2, 0) is 20.7 Å². The largest absolute Gasteiger partial charge is 0.503 e. The maximum atomic E-state index is 12.6. The maximum absolute atomic E-state index is 12.6. The number of carbonyl (C=O) groups is 2. The lowest BCUT2D eigenvalue weighted by Crippen LogP contribution is -2.43. The number of nitrogens with one attached hydrogen (secondary N) is 1. The Morgan fingerprint density at radius 3 is 2.80 bits per heavy atom. The van der Waals surface area contributed by atoms with Gasteiger partial charge >= 0.3 is 5.97 Å². The second-order valence-corrected chi connectivity index (χ2v) is 7.19. The predicted molar refractivity (Wildman–Crippen MR) is 108 cm³/mol. The number of methoxy groups -OCH3 is 1. The van der Waals surface area contributed by atoms with E-state index in [-0.39, 0.29) is 42.4 Å². The van der Waals surface area contributed by atoms with Crippen LogP contribution in [0.25, 0.3) is 0 Å². The molecule has 8 nitrogen and oxygen atoms in total. The maximum Gasteiger partial charge on any atom is 0.329 e. The quantitative estimate of drug-likeness (QED) is 0.723. The van der Waals surface area contributed by atoms with Gasteiger partial charge < -0.3 is 24.6 Å². The number of aromatic nitrogens is 1. The average Bonchev–Trinajstić information content (AvgIpc) is 2.78. The van der Waals surface area contributed by atoms with Crippen molar-refractivity contribution in [3.8, 4) is 11.5 Å². The van der Waals surface area contributed by atoms with Crippen molar-refractivity contribution in [2.24, 2.45) is 0 Å². The van der Waals surface area contributed by atoms with E-state index in [4.69, 9.17) is 14.2 Å². The minimum atomic E-state index is -0.914. The van der Waals surface area contributed by atoms with E-state index in [0.29, 0.717) is 12.8 Å². The fraction of sp³-hybridized carbons (Fsp3) is 0.409. The summed E-state index contributed by atoms with van der Waals surface area (Å²) < 4.78 is 16.5. The highest BCUT2D eigenvalue weighted by Crippen LogP contribution is 2.27. The number of pyridine rings is 1. The van der Waals surface area contributed by atoms with Crippen LogP contribution in [0.5, 0.6) is 11.5 Å². The molecule has 2 aromatic rings. The van der Waals surface area contributed by atoms with Gasteiger partial charge in [-0.2, -0.15) is 0 Å². The molecule has 0 radical (unpaired) electrons. The van der Waals surface area contributed by atoms with E-state index in [0.717, 1.165) is 5.56 Å². The number of hydrogen-bond donors (Lipinski definition) is 2. The first-order chi connectivity index (χ1) is 14.5. The molecule has 1 aliphatic rings. The zero-order chi connectivity index (χ0) is 21.5. The Morgan fingerprint density at radius 2 is 2.07 bits per heavy atom. The van der Waals surface area contributed by atoms with Crippen LogP contribution in [0.15, 0.2) is 42.6 Å². The molecule has 1 fully saturated rings. The van der Waals surface area contributed by atoms with E-state index in [1.54, 1.807) is 6.92 Å². The molecule has 1 aromatic carbocycles. The number of nitrogens with zero attached hydrogens (tertiary/aromatic N) is 1. The minimum absolute atomic E-state index is 0.103. The molecule has 0 spiro atoms. The molecule has 3 atom stereocenters. The SMILES string of the molecule is COc1ccnc(C(=O)N[C@H]2CCOC(Cc3ccccc3)CC(C)OC2=O)c1O. The lowest BCUT2D eigenvalue weighted by Gasteiger charge is -2.20. The van der Waals surface area contributed by atoms with Crippen LogP contribution in [0.2, 0.25) is 0 Å². The number of amides is 1. The van der Waals surface area contributed by atoms with Gasteiger partial charge in [-0.15, -0.1) is 0 Å². The van der Waals surface area contributed by atoms with Crippen molar-refractivity contribution < 1.29 is 28.9 Å². The van der Waals surface area contributed by atoms with Crippen LogP contribution in [0, 0.1) is 0 Å². The zero-order valence-electron chi connectivity index (χ0n) is 17.0. The van der Waals surface area contributed by atoms with Gasteiger partial charge in [0.05, 0.1) is 13.2 Å². The number of hydrogen-bond acceptors (Lipinski definition) is 7. The molecule has 1 saturated heterocycles. The second-order valence-electron chi connectivity index (χ2n) is 7.19. The van der Waals surface area contributed by atoms with Gasteiger partial charge in [0.2, 0.25) is 0 Å². The summed E-state index contributed by atoms with van der Waals surface area (Å²) >= 11 is 0. The van der Waals surface area contributed by atoms with Gasteiger partial charge in [0.1, 0.15) is 12.1 Å². The number of cyclic esters (lactones) is 1. The van der Waals surface area contributed by atoms with Gasteiger partial charge in [-0.3, -0.25) is 4.79 Å². The number of esters is 1. The standard InChI is InChI=1S/C22H26N2O6/c1-14-12-16(13-15-6-4-3-5-7-15)29-11-9-17(22(27)30-14)24-21(26)19-20(25)18(28-2)8-10-23-19/h3-8,10,14,16-17,25H,9,11-13H2,1-2H3,(H,24,26)/t14?,16?,17-/m0/s1. The summed E-state index contributed by atoms with van der Waals surface area (Å²) in [6.07, 6.45) is 2.38. The van der Waals surface area contributed by atoms with E-state index < -0.39 is 17.9 Å². The molecule has 3 rings (SSSR count). The van der Waals surface area contributed by atoms with Gasteiger partial charge in [0.15, 0.2) is 17.2 Å². The average molecular weight is 414 g/mol. The minimum Gasteiger partial charge on any atom is -0.503 e. The number of carbonyl (C=O) groups excluding carboxylic acids is 2. The van der Waals surface area contributed by atoms with Crippen LogP contribution in [-0.4, -0.2) is 53.9 Å². The fourth-order valence-corrected chi connectivity index (χ4v) is 3.38. The molecule has 1 aliphatic heterocycles. The van der Waals surface area contributed by atoms with E-state index in [1.165, 1.54) is 19.4 Å². The van der Waals surface area contributed by atoms with Gasteiger partial charge in [-0.05, 0) is 18.9 Å². The fourth-order valence-electron chi connectivity index (χ4n) is 3.38. The molecule has 160 valence electrons. The van der Waals surface area contributed by atoms with Gasteiger partial charge in [-0.1, -0.05) is 30.3 Å². The molecule has 8 heteroatoms.